The molecule has 0 bridgehead atoms. The molecule has 2 nitrogen and oxygen atoms in total. The first-order valence-electron chi connectivity index (χ1n) is 8.40. The first-order valence-corrected chi connectivity index (χ1v) is 8.40. The van der Waals surface area contributed by atoms with Gasteiger partial charge >= 0.3 is 0 Å². The van der Waals surface area contributed by atoms with Gasteiger partial charge in [-0.3, -0.25) is 9.36 Å². The van der Waals surface area contributed by atoms with Crippen LogP contribution in [0.1, 0.15) is 69.2 Å². The first kappa shape index (κ1) is 15.8. The zero-order valence-electron chi connectivity index (χ0n) is 13.4. The normalized spacial score (nSPS) is 11.1. The number of para-hydroxylation sites is 1. The van der Waals surface area contributed by atoms with Gasteiger partial charge in [0, 0.05) is 18.0 Å². The molecule has 2 aromatic rings. The lowest BCUT2D eigenvalue weighted by molar-refractivity contribution is 0.0905. The van der Waals surface area contributed by atoms with E-state index in [4.69, 9.17) is 0 Å². The van der Waals surface area contributed by atoms with Gasteiger partial charge in [0.15, 0.2) is 0 Å². The molecule has 0 radical (unpaired) electrons. The van der Waals surface area contributed by atoms with E-state index in [2.05, 4.69) is 38.2 Å². The summed E-state index contributed by atoms with van der Waals surface area (Å²) in [7, 11) is 0. The van der Waals surface area contributed by atoms with Crippen molar-refractivity contribution < 1.29 is 4.79 Å². The zero-order chi connectivity index (χ0) is 15.1. The fourth-order valence-electron chi connectivity index (χ4n) is 2.85. The van der Waals surface area contributed by atoms with Crippen LogP contribution in [0.3, 0.4) is 0 Å². The molecule has 0 N–H and O–H groups in total. The summed E-state index contributed by atoms with van der Waals surface area (Å²) in [5.41, 5.74) is 2.40. The van der Waals surface area contributed by atoms with Gasteiger partial charge in [-0.15, -0.1) is 0 Å². The number of unbranched alkanes of at least 4 members (excludes halogenated alkanes) is 4. The van der Waals surface area contributed by atoms with Crippen molar-refractivity contribution in [2.24, 2.45) is 0 Å². The number of fused-ring (bicyclic) bond motifs is 1. The Balaban J connectivity index is 2.19. The maximum absolute atomic E-state index is 12.4. The molecule has 0 aliphatic heterocycles. The molecule has 0 saturated carbocycles. The molecule has 1 aromatic carbocycles. The SMILES string of the molecule is CCCCCCc1cn(C(=O)CCCC)c2ccccc12. The van der Waals surface area contributed by atoms with Crippen LogP contribution in [-0.2, 0) is 6.42 Å². The van der Waals surface area contributed by atoms with E-state index in [-0.39, 0.29) is 5.91 Å². The Morgan fingerprint density at radius 2 is 1.76 bits per heavy atom. The van der Waals surface area contributed by atoms with E-state index in [9.17, 15) is 4.79 Å². The van der Waals surface area contributed by atoms with Crippen LogP contribution in [0.25, 0.3) is 10.9 Å². The third-order valence-electron chi connectivity index (χ3n) is 4.11. The second-order valence-corrected chi connectivity index (χ2v) is 5.85. The van der Waals surface area contributed by atoms with Crippen LogP contribution in [0.5, 0.6) is 0 Å². The number of carbonyl (C=O) groups excluding carboxylic acids is 1. The molecule has 1 heterocycles. The van der Waals surface area contributed by atoms with Crippen molar-refractivity contribution in [2.45, 2.75) is 65.2 Å². The predicted molar refractivity (Wildman–Crippen MR) is 89.9 cm³/mol. The Labute approximate surface area is 128 Å². The van der Waals surface area contributed by atoms with E-state index in [1.807, 2.05) is 10.6 Å². The number of aryl methyl sites for hydroxylation is 1. The number of hydrogen-bond acceptors (Lipinski definition) is 1. The van der Waals surface area contributed by atoms with Gasteiger partial charge in [-0.1, -0.05) is 57.7 Å². The maximum Gasteiger partial charge on any atom is 0.231 e. The van der Waals surface area contributed by atoms with Crippen molar-refractivity contribution >= 4 is 16.8 Å². The van der Waals surface area contributed by atoms with Crippen LogP contribution < -0.4 is 0 Å². The maximum atomic E-state index is 12.4. The zero-order valence-corrected chi connectivity index (χ0v) is 13.4. The average Bonchev–Trinajstić information content (AvgIpc) is 2.88. The molecule has 0 aliphatic carbocycles. The summed E-state index contributed by atoms with van der Waals surface area (Å²) >= 11 is 0. The molecule has 21 heavy (non-hydrogen) atoms. The van der Waals surface area contributed by atoms with Crippen molar-refractivity contribution in [1.82, 2.24) is 4.57 Å². The highest BCUT2D eigenvalue weighted by molar-refractivity contribution is 5.94. The van der Waals surface area contributed by atoms with Crippen LogP contribution in [0.2, 0.25) is 0 Å². The molecule has 0 spiro atoms. The van der Waals surface area contributed by atoms with Crippen molar-refractivity contribution in [1.29, 1.82) is 0 Å². The fraction of sp³-hybridized carbons (Fsp3) is 0.526. The van der Waals surface area contributed by atoms with Crippen molar-refractivity contribution in [3.05, 3.63) is 36.0 Å². The number of nitrogens with zero attached hydrogens (tertiary/aromatic N) is 1. The van der Waals surface area contributed by atoms with Gasteiger partial charge in [-0.05, 0) is 30.9 Å². The monoisotopic (exact) mass is 285 g/mol. The van der Waals surface area contributed by atoms with E-state index in [0.717, 1.165) is 24.8 Å². The second kappa shape index (κ2) is 8.02. The number of aromatic nitrogens is 1. The number of rotatable bonds is 8. The van der Waals surface area contributed by atoms with E-state index in [1.54, 1.807) is 0 Å². The molecule has 0 fully saturated rings. The predicted octanol–water partition coefficient (Wildman–Crippen LogP) is 5.59. The van der Waals surface area contributed by atoms with Crippen LogP contribution in [0, 0.1) is 0 Å². The molecule has 0 aliphatic rings. The van der Waals surface area contributed by atoms with E-state index in [1.165, 1.54) is 36.6 Å². The third-order valence-corrected chi connectivity index (χ3v) is 4.11. The summed E-state index contributed by atoms with van der Waals surface area (Å²) < 4.78 is 1.88. The van der Waals surface area contributed by atoms with Crippen LogP contribution in [-0.4, -0.2) is 10.5 Å². The minimum Gasteiger partial charge on any atom is -0.287 e. The molecule has 114 valence electrons. The standard InChI is InChI=1S/C19H27NO/c1-3-5-7-8-11-16-15-20(19(21)14-6-4-2)18-13-10-9-12-17(16)18/h9-10,12-13,15H,3-8,11,14H2,1-2H3. The number of carbonyl (C=O) groups is 1. The van der Waals surface area contributed by atoms with E-state index >= 15 is 0 Å². The van der Waals surface area contributed by atoms with Crippen molar-refractivity contribution in [2.75, 3.05) is 0 Å². The lowest BCUT2D eigenvalue weighted by Crippen LogP contribution is -2.08. The summed E-state index contributed by atoms with van der Waals surface area (Å²) in [5.74, 6) is 0.229. The average molecular weight is 285 g/mol. The molecule has 0 unspecified atom stereocenters. The van der Waals surface area contributed by atoms with Gasteiger partial charge in [0.25, 0.3) is 0 Å². The van der Waals surface area contributed by atoms with Gasteiger partial charge in [-0.2, -0.15) is 0 Å². The lowest BCUT2D eigenvalue weighted by atomic mass is 10.1. The van der Waals surface area contributed by atoms with Crippen molar-refractivity contribution in [3.63, 3.8) is 0 Å². The molecular formula is C19H27NO. The molecule has 2 rings (SSSR count). The largest absolute Gasteiger partial charge is 0.287 e. The summed E-state index contributed by atoms with van der Waals surface area (Å²) in [6.45, 7) is 4.36. The highest BCUT2D eigenvalue weighted by Crippen LogP contribution is 2.24. The van der Waals surface area contributed by atoms with Gasteiger partial charge in [0.05, 0.1) is 5.52 Å². The Bertz CT molecular complexity index is 582. The summed E-state index contributed by atoms with van der Waals surface area (Å²) in [6.07, 6.45) is 10.9. The minimum absolute atomic E-state index is 0.229. The molecular weight excluding hydrogens is 258 g/mol. The molecule has 0 saturated heterocycles. The highest BCUT2D eigenvalue weighted by Gasteiger charge is 2.12. The smallest absolute Gasteiger partial charge is 0.231 e. The Morgan fingerprint density at radius 3 is 2.52 bits per heavy atom. The van der Waals surface area contributed by atoms with Gasteiger partial charge in [0.2, 0.25) is 5.91 Å². The van der Waals surface area contributed by atoms with Crippen LogP contribution in [0.4, 0.5) is 0 Å². The molecule has 2 heteroatoms. The van der Waals surface area contributed by atoms with E-state index in [0.29, 0.717) is 6.42 Å². The van der Waals surface area contributed by atoms with E-state index < -0.39 is 0 Å². The molecule has 0 amide bonds. The van der Waals surface area contributed by atoms with Gasteiger partial charge in [-0.25, -0.2) is 0 Å². The fourth-order valence-corrected chi connectivity index (χ4v) is 2.85. The Kier molecular flexibility index (Phi) is 6.04. The summed E-state index contributed by atoms with van der Waals surface area (Å²) in [4.78, 5) is 12.4. The second-order valence-electron chi connectivity index (χ2n) is 5.85. The van der Waals surface area contributed by atoms with Crippen LogP contribution in [0.15, 0.2) is 30.5 Å². The Morgan fingerprint density at radius 1 is 1.00 bits per heavy atom. The topological polar surface area (TPSA) is 22.0 Å². The van der Waals surface area contributed by atoms with Gasteiger partial charge in [0.1, 0.15) is 0 Å². The Hall–Kier alpha value is -1.57. The number of hydrogen-bond donors (Lipinski definition) is 0. The first-order chi connectivity index (χ1) is 10.3. The third kappa shape index (κ3) is 3.96. The summed E-state index contributed by atoms with van der Waals surface area (Å²) in [6, 6.07) is 8.30. The lowest BCUT2D eigenvalue weighted by Gasteiger charge is -2.02. The summed E-state index contributed by atoms with van der Waals surface area (Å²) in [5, 5.41) is 1.25. The highest BCUT2D eigenvalue weighted by atomic mass is 16.2. The molecule has 0 atom stereocenters. The van der Waals surface area contributed by atoms with Crippen molar-refractivity contribution in [3.8, 4) is 0 Å². The van der Waals surface area contributed by atoms with Gasteiger partial charge < -0.3 is 0 Å². The minimum atomic E-state index is 0.229. The quantitative estimate of drug-likeness (QED) is 0.579. The molecule has 1 aromatic heterocycles. The van der Waals surface area contributed by atoms with Crippen LogP contribution >= 0.6 is 0 Å². The number of benzene rings is 1.